The van der Waals surface area contributed by atoms with Gasteiger partial charge >= 0.3 is 11.9 Å². The molecule has 0 aromatic heterocycles. The molecule has 1 spiro atoms. The lowest BCUT2D eigenvalue weighted by molar-refractivity contribution is -0.241. The van der Waals surface area contributed by atoms with Crippen molar-refractivity contribution >= 4 is 34.5 Å². The van der Waals surface area contributed by atoms with Gasteiger partial charge in [0, 0.05) is 16.4 Å². The summed E-state index contributed by atoms with van der Waals surface area (Å²) in [6.45, 7) is 6.44. The van der Waals surface area contributed by atoms with Gasteiger partial charge in [0.15, 0.2) is 0 Å². The van der Waals surface area contributed by atoms with Crippen LogP contribution in [0.25, 0.3) is 0 Å². The summed E-state index contributed by atoms with van der Waals surface area (Å²) in [4.78, 5) is 21.8. The standard InChI is InChI=1S/C9H11I.C8H10O4/c1-6-4-7(2)9(10)8(3)5-6;9-6-5-7(10)12-8(11-6)3-1-2-4-8/h4-5H,1-3H3;1-5H2. The lowest BCUT2D eigenvalue weighted by Crippen LogP contribution is -2.42. The summed E-state index contributed by atoms with van der Waals surface area (Å²) in [6, 6.07) is 4.43. The molecule has 0 unspecified atom stereocenters. The average molecular weight is 416 g/mol. The van der Waals surface area contributed by atoms with Crippen LogP contribution in [0.1, 0.15) is 48.8 Å². The Morgan fingerprint density at radius 3 is 1.86 bits per heavy atom. The Kier molecular flexibility index (Phi) is 5.47. The van der Waals surface area contributed by atoms with Crippen molar-refractivity contribution in [2.24, 2.45) is 0 Å². The Morgan fingerprint density at radius 1 is 0.955 bits per heavy atom. The van der Waals surface area contributed by atoms with E-state index in [1.165, 1.54) is 20.3 Å². The molecule has 0 atom stereocenters. The molecule has 1 saturated carbocycles. The van der Waals surface area contributed by atoms with Crippen molar-refractivity contribution in [1.29, 1.82) is 0 Å². The van der Waals surface area contributed by atoms with Crippen LogP contribution in [0, 0.1) is 24.3 Å². The minimum atomic E-state index is -0.883. The van der Waals surface area contributed by atoms with Crippen molar-refractivity contribution in [3.63, 3.8) is 0 Å². The van der Waals surface area contributed by atoms with E-state index in [0.29, 0.717) is 12.8 Å². The van der Waals surface area contributed by atoms with Gasteiger partial charge in [0.2, 0.25) is 0 Å². The van der Waals surface area contributed by atoms with E-state index in [-0.39, 0.29) is 6.42 Å². The van der Waals surface area contributed by atoms with Gasteiger partial charge in [0.1, 0.15) is 6.42 Å². The fraction of sp³-hybridized carbons (Fsp3) is 0.529. The summed E-state index contributed by atoms with van der Waals surface area (Å²) in [7, 11) is 0. The molecule has 2 fully saturated rings. The van der Waals surface area contributed by atoms with Crippen LogP contribution in [0.3, 0.4) is 0 Å². The zero-order valence-electron chi connectivity index (χ0n) is 13.2. The number of carbonyl (C=O) groups excluding carboxylic acids is 2. The first-order chi connectivity index (χ1) is 10.3. The molecule has 1 saturated heterocycles. The smallest absolute Gasteiger partial charge is 0.320 e. The second kappa shape index (κ2) is 6.98. The molecular formula is C17H21IO4. The summed E-state index contributed by atoms with van der Waals surface area (Å²) in [5.41, 5.74) is 4.13. The number of esters is 2. The predicted molar refractivity (Wildman–Crippen MR) is 91.4 cm³/mol. The number of aryl methyl sites for hydroxylation is 3. The van der Waals surface area contributed by atoms with Crippen molar-refractivity contribution in [2.45, 2.75) is 58.7 Å². The molecule has 0 amide bonds. The Bertz CT molecular complexity index is 547. The summed E-state index contributed by atoms with van der Waals surface area (Å²) >= 11 is 2.39. The maximum Gasteiger partial charge on any atom is 0.320 e. The molecule has 1 aromatic carbocycles. The molecule has 5 heteroatoms. The van der Waals surface area contributed by atoms with Crippen LogP contribution < -0.4 is 0 Å². The van der Waals surface area contributed by atoms with E-state index < -0.39 is 17.7 Å². The van der Waals surface area contributed by atoms with Crippen molar-refractivity contribution in [1.82, 2.24) is 0 Å². The quantitative estimate of drug-likeness (QED) is 0.365. The van der Waals surface area contributed by atoms with E-state index in [0.717, 1.165) is 12.8 Å². The van der Waals surface area contributed by atoms with Crippen LogP contribution in [0.5, 0.6) is 0 Å². The first-order valence-corrected chi connectivity index (χ1v) is 8.56. The second-order valence-corrected chi connectivity index (χ2v) is 7.03. The SMILES string of the molecule is Cc1cc(C)c(I)c(C)c1.O=C1CC(=O)OC2(CCCC2)O1. The average Bonchev–Trinajstić information content (AvgIpc) is 2.82. The van der Waals surface area contributed by atoms with E-state index in [1.54, 1.807) is 0 Å². The number of carbonyl (C=O) groups is 2. The van der Waals surface area contributed by atoms with E-state index in [9.17, 15) is 9.59 Å². The largest absolute Gasteiger partial charge is 0.422 e. The summed E-state index contributed by atoms with van der Waals surface area (Å²) in [5, 5.41) is 0. The van der Waals surface area contributed by atoms with Crippen LogP contribution >= 0.6 is 22.6 Å². The number of halogens is 1. The highest BCUT2D eigenvalue weighted by Gasteiger charge is 2.45. The Labute approximate surface area is 144 Å². The van der Waals surface area contributed by atoms with E-state index in [2.05, 4.69) is 55.5 Å². The summed E-state index contributed by atoms with van der Waals surface area (Å²) in [6.07, 6.45) is 3.00. The summed E-state index contributed by atoms with van der Waals surface area (Å²) in [5.74, 6) is -1.78. The molecular weight excluding hydrogens is 395 g/mol. The molecule has 3 rings (SSSR count). The molecule has 22 heavy (non-hydrogen) atoms. The van der Waals surface area contributed by atoms with Gasteiger partial charge in [0.25, 0.3) is 5.79 Å². The Hall–Kier alpha value is -1.11. The van der Waals surface area contributed by atoms with E-state index in [1.807, 2.05) is 0 Å². The summed E-state index contributed by atoms with van der Waals surface area (Å²) < 4.78 is 11.4. The number of rotatable bonds is 0. The Balaban J connectivity index is 0.000000164. The number of benzene rings is 1. The molecule has 4 nitrogen and oxygen atoms in total. The maximum atomic E-state index is 10.9. The number of hydrogen-bond acceptors (Lipinski definition) is 4. The highest BCUT2D eigenvalue weighted by Crippen LogP contribution is 2.37. The third-order valence-electron chi connectivity index (χ3n) is 3.83. The molecule has 2 aliphatic rings. The highest BCUT2D eigenvalue weighted by atomic mass is 127. The molecule has 0 bridgehead atoms. The first kappa shape index (κ1) is 17.2. The lowest BCUT2D eigenvalue weighted by atomic mass is 10.1. The van der Waals surface area contributed by atoms with Crippen LogP contribution in [0.2, 0.25) is 0 Å². The Morgan fingerprint density at radius 2 is 1.41 bits per heavy atom. The van der Waals surface area contributed by atoms with Gasteiger partial charge in [-0.15, -0.1) is 0 Å². The minimum Gasteiger partial charge on any atom is -0.422 e. The van der Waals surface area contributed by atoms with Gasteiger partial charge in [0.05, 0.1) is 0 Å². The van der Waals surface area contributed by atoms with E-state index >= 15 is 0 Å². The van der Waals surface area contributed by atoms with Crippen molar-refractivity contribution in [2.75, 3.05) is 0 Å². The molecule has 0 radical (unpaired) electrons. The van der Waals surface area contributed by atoms with Gasteiger partial charge in [-0.25, -0.2) is 0 Å². The topological polar surface area (TPSA) is 52.6 Å². The third-order valence-corrected chi connectivity index (χ3v) is 5.54. The van der Waals surface area contributed by atoms with Crippen LogP contribution in [0.4, 0.5) is 0 Å². The maximum absolute atomic E-state index is 10.9. The van der Waals surface area contributed by atoms with Crippen LogP contribution in [0.15, 0.2) is 12.1 Å². The van der Waals surface area contributed by atoms with Crippen molar-refractivity contribution < 1.29 is 19.1 Å². The van der Waals surface area contributed by atoms with Gasteiger partial charge < -0.3 is 9.47 Å². The molecule has 1 heterocycles. The molecule has 0 N–H and O–H groups in total. The fourth-order valence-corrected chi connectivity index (χ4v) is 3.22. The minimum absolute atomic E-state index is 0.234. The number of hydrogen-bond donors (Lipinski definition) is 0. The molecule has 1 aromatic rings. The van der Waals surface area contributed by atoms with Gasteiger partial charge in [-0.3, -0.25) is 9.59 Å². The molecule has 120 valence electrons. The predicted octanol–water partition coefficient (Wildman–Crippen LogP) is 3.96. The normalized spacial score (nSPS) is 19.3. The van der Waals surface area contributed by atoms with Crippen LogP contribution in [-0.2, 0) is 19.1 Å². The second-order valence-electron chi connectivity index (χ2n) is 5.96. The third kappa shape index (κ3) is 4.21. The van der Waals surface area contributed by atoms with Gasteiger partial charge in [-0.2, -0.15) is 0 Å². The van der Waals surface area contributed by atoms with Crippen molar-refractivity contribution in [3.8, 4) is 0 Å². The fourth-order valence-electron chi connectivity index (χ4n) is 2.91. The number of ether oxygens (including phenoxy) is 2. The van der Waals surface area contributed by atoms with Gasteiger partial charge in [-0.05, 0) is 67.3 Å². The molecule has 1 aliphatic heterocycles. The van der Waals surface area contributed by atoms with Crippen molar-refractivity contribution in [3.05, 3.63) is 32.4 Å². The monoisotopic (exact) mass is 416 g/mol. The zero-order valence-corrected chi connectivity index (χ0v) is 15.4. The van der Waals surface area contributed by atoms with Crippen LogP contribution in [-0.4, -0.2) is 17.7 Å². The highest BCUT2D eigenvalue weighted by molar-refractivity contribution is 14.1. The lowest BCUT2D eigenvalue weighted by Gasteiger charge is -2.31. The van der Waals surface area contributed by atoms with Gasteiger partial charge in [-0.1, -0.05) is 17.7 Å². The first-order valence-electron chi connectivity index (χ1n) is 7.48. The molecule has 1 aliphatic carbocycles. The van der Waals surface area contributed by atoms with E-state index in [4.69, 9.17) is 9.47 Å². The zero-order chi connectivity index (χ0) is 16.3.